The van der Waals surface area contributed by atoms with Gasteiger partial charge in [0, 0.05) is 5.41 Å². The van der Waals surface area contributed by atoms with E-state index in [9.17, 15) is 4.79 Å². The Kier molecular flexibility index (Phi) is 5.18. The highest BCUT2D eigenvalue weighted by molar-refractivity contribution is 5.72. The van der Waals surface area contributed by atoms with E-state index in [-0.39, 0.29) is 11.4 Å². The highest BCUT2D eigenvalue weighted by atomic mass is 16.6. The second-order valence-corrected chi connectivity index (χ2v) is 5.76. The SMILES string of the molecule is C=C(C)C(CC)(CC(=O)OC(C)(C)C)C(=C)C. The molecule has 0 aliphatic heterocycles. The molecule has 0 aromatic heterocycles. The van der Waals surface area contributed by atoms with Crippen LogP contribution in [0, 0.1) is 5.41 Å². The fourth-order valence-corrected chi connectivity index (χ4v) is 2.02. The van der Waals surface area contributed by atoms with Crippen LogP contribution >= 0.6 is 0 Å². The zero-order valence-electron chi connectivity index (χ0n) is 12.1. The summed E-state index contributed by atoms with van der Waals surface area (Å²) in [4.78, 5) is 11.9. The van der Waals surface area contributed by atoms with Crippen LogP contribution in [0.15, 0.2) is 24.3 Å². The van der Waals surface area contributed by atoms with Crippen molar-refractivity contribution >= 4 is 5.97 Å². The molecule has 0 aliphatic rings. The lowest BCUT2D eigenvalue weighted by molar-refractivity contribution is -0.156. The third kappa shape index (κ3) is 4.37. The van der Waals surface area contributed by atoms with E-state index in [1.165, 1.54) is 0 Å². The molecule has 0 spiro atoms. The Morgan fingerprint density at radius 3 is 1.76 bits per heavy atom. The van der Waals surface area contributed by atoms with Crippen molar-refractivity contribution in [3.05, 3.63) is 24.3 Å². The number of allylic oxidation sites excluding steroid dienone is 2. The zero-order valence-corrected chi connectivity index (χ0v) is 12.1. The number of ether oxygens (including phenoxy) is 1. The molecular weight excluding hydrogens is 212 g/mol. The van der Waals surface area contributed by atoms with Crippen LogP contribution < -0.4 is 0 Å². The predicted octanol–water partition coefficient (Wildman–Crippen LogP) is 4.27. The minimum absolute atomic E-state index is 0.189. The molecule has 0 radical (unpaired) electrons. The molecule has 98 valence electrons. The van der Waals surface area contributed by atoms with Gasteiger partial charge in [-0.3, -0.25) is 4.79 Å². The highest BCUT2D eigenvalue weighted by Gasteiger charge is 2.34. The van der Waals surface area contributed by atoms with E-state index in [0.717, 1.165) is 17.6 Å². The minimum Gasteiger partial charge on any atom is -0.460 e. The van der Waals surface area contributed by atoms with Gasteiger partial charge in [0.25, 0.3) is 0 Å². The van der Waals surface area contributed by atoms with Crippen LogP contribution in [0.1, 0.15) is 54.4 Å². The van der Waals surface area contributed by atoms with Crippen molar-refractivity contribution in [2.45, 2.75) is 60.0 Å². The Bertz CT molecular complexity index is 304. The molecule has 0 atom stereocenters. The molecule has 0 bridgehead atoms. The third-order valence-electron chi connectivity index (χ3n) is 3.10. The summed E-state index contributed by atoms with van der Waals surface area (Å²) in [5.41, 5.74) is 1.17. The normalized spacial score (nSPS) is 12.1. The van der Waals surface area contributed by atoms with Crippen LogP contribution in [0.5, 0.6) is 0 Å². The van der Waals surface area contributed by atoms with Crippen molar-refractivity contribution in [3.8, 4) is 0 Å². The van der Waals surface area contributed by atoms with E-state index in [1.807, 2.05) is 41.5 Å². The molecule has 2 nitrogen and oxygen atoms in total. The Morgan fingerprint density at radius 1 is 1.12 bits per heavy atom. The number of carbonyl (C=O) groups excluding carboxylic acids is 1. The minimum atomic E-state index is -0.444. The monoisotopic (exact) mass is 238 g/mol. The summed E-state index contributed by atoms with van der Waals surface area (Å²) >= 11 is 0. The van der Waals surface area contributed by atoms with Gasteiger partial charge in [0.15, 0.2) is 0 Å². The second kappa shape index (κ2) is 5.52. The van der Waals surface area contributed by atoms with E-state index in [1.54, 1.807) is 0 Å². The molecule has 0 amide bonds. The van der Waals surface area contributed by atoms with E-state index >= 15 is 0 Å². The number of hydrogen-bond acceptors (Lipinski definition) is 2. The van der Waals surface area contributed by atoms with Crippen molar-refractivity contribution in [1.82, 2.24) is 0 Å². The molecule has 0 aromatic rings. The Labute approximate surface area is 106 Å². The summed E-state index contributed by atoms with van der Waals surface area (Å²) in [6, 6.07) is 0. The first-order valence-corrected chi connectivity index (χ1v) is 6.09. The first-order chi connectivity index (χ1) is 7.55. The lowest BCUT2D eigenvalue weighted by Crippen LogP contribution is -2.31. The van der Waals surface area contributed by atoms with Crippen molar-refractivity contribution in [2.75, 3.05) is 0 Å². The first kappa shape index (κ1) is 16.0. The summed E-state index contributed by atoms with van der Waals surface area (Å²) in [6.07, 6.45) is 1.14. The highest BCUT2D eigenvalue weighted by Crippen LogP contribution is 2.41. The predicted molar refractivity (Wildman–Crippen MR) is 72.8 cm³/mol. The van der Waals surface area contributed by atoms with Gasteiger partial charge in [0.05, 0.1) is 6.42 Å². The molecule has 0 saturated heterocycles. The smallest absolute Gasteiger partial charge is 0.307 e. The fraction of sp³-hybridized carbons (Fsp3) is 0.667. The molecule has 0 aromatic carbocycles. The van der Waals surface area contributed by atoms with E-state index in [0.29, 0.717) is 6.42 Å². The van der Waals surface area contributed by atoms with Gasteiger partial charge < -0.3 is 4.74 Å². The van der Waals surface area contributed by atoms with Gasteiger partial charge in [-0.25, -0.2) is 0 Å². The van der Waals surface area contributed by atoms with E-state index < -0.39 is 5.60 Å². The van der Waals surface area contributed by atoms with Crippen molar-refractivity contribution in [3.63, 3.8) is 0 Å². The van der Waals surface area contributed by atoms with Gasteiger partial charge in [-0.1, -0.05) is 31.2 Å². The maximum atomic E-state index is 11.9. The maximum Gasteiger partial charge on any atom is 0.307 e. The molecule has 0 unspecified atom stereocenters. The molecule has 17 heavy (non-hydrogen) atoms. The molecular formula is C15H26O2. The average molecular weight is 238 g/mol. The number of esters is 1. The summed E-state index contributed by atoms with van der Waals surface area (Å²) in [6.45, 7) is 19.6. The van der Waals surface area contributed by atoms with Crippen molar-refractivity contribution in [1.29, 1.82) is 0 Å². The largest absolute Gasteiger partial charge is 0.460 e. The molecule has 0 rings (SSSR count). The first-order valence-electron chi connectivity index (χ1n) is 6.09. The summed E-state index contributed by atoms with van der Waals surface area (Å²) in [5.74, 6) is -0.189. The van der Waals surface area contributed by atoms with Gasteiger partial charge in [-0.15, -0.1) is 0 Å². The van der Waals surface area contributed by atoms with Crippen LogP contribution in [0.25, 0.3) is 0 Å². The second-order valence-electron chi connectivity index (χ2n) is 5.76. The lowest BCUT2D eigenvalue weighted by Gasteiger charge is -2.34. The van der Waals surface area contributed by atoms with Crippen LogP contribution in [0.2, 0.25) is 0 Å². The van der Waals surface area contributed by atoms with Crippen molar-refractivity contribution < 1.29 is 9.53 Å². The van der Waals surface area contributed by atoms with E-state index in [4.69, 9.17) is 4.74 Å². The summed E-state index contributed by atoms with van der Waals surface area (Å²) in [5, 5.41) is 0. The molecule has 0 aliphatic carbocycles. The van der Waals surface area contributed by atoms with Gasteiger partial charge in [-0.2, -0.15) is 0 Å². The Balaban J connectivity index is 4.96. The van der Waals surface area contributed by atoms with Crippen molar-refractivity contribution in [2.24, 2.45) is 5.41 Å². The third-order valence-corrected chi connectivity index (χ3v) is 3.10. The molecule has 0 heterocycles. The summed E-state index contributed by atoms with van der Waals surface area (Å²) < 4.78 is 5.37. The molecule has 0 N–H and O–H groups in total. The molecule has 0 fully saturated rings. The van der Waals surface area contributed by atoms with Crippen LogP contribution in [-0.4, -0.2) is 11.6 Å². The maximum absolute atomic E-state index is 11.9. The van der Waals surface area contributed by atoms with E-state index in [2.05, 4.69) is 13.2 Å². The summed E-state index contributed by atoms with van der Waals surface area (Å²) in [7, 11) is 0. The van der Waals surface area contributed by atoms with Gasteiger partial charge >= 0.3 is 5.97 Å². The van der Waals surface area contributed by atoms with Crippen LogP contribution in [0.4, 0.5) is 0 Å². The fourth-order valence-electron chi connectivity index (χ4n) is 2.02. The number of carbonyl (C=O) groups is 1. The standard InChI is InChI=1S/C15H26O2/c1-9-15(11(2)3,12(4)5)10-13(16)17-14(6,7)8/h2,4,9-10H2,1,3,5-8H3. The Hall–Kier alpha value is -1.05. The number of rotatable bonds is 5. The van der Waals surface area contributed by atoms with Gasteiger partial charge in [-0.05, 0) is 41.0 Å². The Morgan fingerprint density at radius 2 is 1.53 bits per heavy atom. The van der Waals surface area contributed by atoms with Gasteiger partial charge in [0.1, 0.15) is 5.60 Å². The quantitative estimate of drug-likeness (QED) is 0.528. The van der Waals surface area contributed by atoms with Crippen LogP contribution in [0.3, 0.4) is 0 Å². The molecule has 2 heteroatoms. The average Bonchev–Trinajstić information content (AvgIpc) is 2.09. The molecule has 0 saturated carbocycles. The van der Waals surface area contributed by atoms with Gasteiger partial charge in [0.2, 0.25) is 0 Å². The zero-order chi connectivity index (χ0) is 13.9. The topological polar surface area (TPSA) is 26.3 Å². The number of hydrogen-bond donors (Lipinski definition) is 0. The lowest BCUT2D eigenvalue weighted by atomic mass is 9.71. The van der Waals surface area contributed by atoms with Crippen LogP contribution in [-0.2, 0) is 9.53 Å².